The average Bonchev–Trinajstić information content (AvgIpc) is 2.81. The first-order valence-electron chi connectivity index (χ1n) is 6.97. The first-order valence-corrected chi connectivity index (χ1v) is 6.97. The van der Waals surface area contributed by atoms with E-state index in [1.807, 2.05) is 10.9 Å². The molecule has 1 aromatic rings. The summed E-state index contributed by atoms with van der Waals surface area (Å²) < 4.78 is 1.93. The Balaban J connectivity index is 2.32. The maximum Gasteiger partial charge on any atom is 0.0964 e. The molecule has 0 aliphatic carbocycles. The van der Waals surface area contributed by atoms with Crippen molar-refractivity contribution in [1.29, 1.82) is 0 Å². The number of hydrogen-bond donors (Lipinski definition) is 1. The van der Waals surface area contributed by atoms with Crippen molar-refractivity contribution >= 4 is 0 Å². The van der Waals surface area contributed by atoms with Crippen molar-refractivity contribution < 1.29 is 0 Å². The van der Waals surface area contributed by atoms with Gasteiger partial charge in [0.15, 0.2) is 0 Å². The second kappa shape index (κ2) is 8.21. The molecule has 5 nitrogen and oxygen atoms in total. The molecule has 0 saturated heterocycles. The third-order valence-electron chi connectivity index (χ3n) is 3.28. The lowest BCUT2D eigenvalue weighted by Crippen LogP contribution is -2.32. The van der Waals surface area contributed by atoms with Gasteiger partial charge in [0.1, 0.15) is 0 Å². The van der Waals surface area contributed by atoms with E-state index in [-0.39, 0.29) is 0 Å². The topological polar surface area (TPSA) is 46.0 Å². The van der Waals surface area contributed by atoms with Gasteiger partial charge >= 0.3 is 0 Å². The van der Waals surface area contributed by atoms with E-state index in [4.69, 9.17) is 0 Å². The highest BCUT2D eigenvalue weighted by Gasteiger charge is 2.08. The van der Waals surface area contributed by atoms with Crippen molar-refractivity contribution in [2.45, 2.75) is 52.7 Å². The standard InChI is InChI=1S/C13H27N5/c1-5-7-12(3)17(4)8-9-18-11-13(15-16-18)10-14-6-2/h11-12,14H,5-10H2,1-4H3. The van der Waals surface area contributed by atoms with Gasteiger partial charge in [-0.25, -0.2) is 0 Å². The Morgan fingerprint density at radius 3 is 2.89 bits per heavy atom. The SMILES string of the molecule is CCCC(C)N(C)CCn1cc(CNCC)nn1. The molecular weight excluding hydrogens is 226 g/mol. The minimum Gasteiger partial charge on any atom is -0.311 e. The Hall–Kier alpha value is -0.940. The first-order chi connectivity index (χ1) is 8.67. The molecule has 0 amide bonds. The second-order valence-corrected chi connectivity index (χ2v) is 4.87. The summed E-state index contributed by atoms with van der Waals surface area (Å²) in [6, 6.07) is 0.639. The fraction of sp³-hybridized carbons (Fsp3) is 0.846. The van der Waals surface area contributed by atoms with Crippen molar-refractivity contribution in [3.63, 3.8) is 0 Å². The molecule has 0 bridgehead atoms. The van der Waals surface area contributed by atoms with E-state index in [9.17, 15) is 0 Å². The van der Waals surface area contributed by atoms with E-state index in [1.165, 1.54) is 12.8 Å². The third-order valence-corrected chi connectivity index (χ3v) is 3.28. The zero-order chi connectivity index (χ0) is 13.4. The van der Waals surface area contributed by atoms with Crippen molar-refractivity contribution in [2.75, 3.05) is 20.1 Å². The van der Waals surface area contributed by atoms with Gasteiger partial charge in [0, 0.05) is 25.3 Å². The van der Waals surface area contributed by atoms with Crippen LogP contribution in [0, 0.1) is 0 Å². The molecule has 1 heterocycles. The fourth-order valence-corrected chi connectivity index (χ4v) is 1.90. The normalized spacial score (nSPS) is 13.2. The van der Waals surface area contributed by atoms with Crippen LogP contribution in [0.3, 0.4) is 0 Å². The van der Waals surface area contributed by atoms with E-state index >= 15 is 0 Å². The molecule has 1 N–H and O–H groups in total. The van der Waals surface area contributed by atoms with Gasteiger partial charge in [-0.15, -0.1) is 5.10 Å². The Labute approximate surface area is 111 Å². The predicted octanol–water partition coefficient (Wildman–Crippen LogP) is 1.51. The van der Waals surface area contributed by atoms with Crippen LogP contribution in [-0.2, 0) is 13.1 Å². The minimum atomic E-state index is 0.639. The minimum absolute atomic E-state index is 0.639. The van der Waals surface area contributed by atoms with Crippen LogP contribution in [0.4, 0.5) is 0 Å². The Bertz CT molecular complexity index is 323. The summed E-state index contributed by atoms with van der Waals surface area (Å²) in [5.41, 5.74) is 1.01. The van der Waals surface area contributed by atoms with Crippen LogP contribution >= 0.6 is 0 Å². The van der Waals surface area contributed by atoms with Gasteiger partial charge in [-0.05, 0) is 26.9 Å². The molecule has 0 fully saturated rings. The summed E-state index contributed by atoms with van der Waals surface area (Å²) >= 11 is 0. The molecular formula is C13H27N5. The fourth-order valence-electron chi connectivity index (χ4n) is 1.90. The van der Waals surface area contributed by atoms with Crippen molar-refractivity contribution in [2.24, 2.45) is 0 Å². The first kappa shape index (κ1) is 15.1. The van der Waals surface area contributed by atoms with Crippen LogP contribution < -0.4 is 5.32 Å². The third kappa shape index (κ3) is 5.14. The predicted molar refractivity (Wildman–Crippen MR) is 74.4 cm³/mol. The molecule has 0 aromatic carbocycles. The molecule has 0 radical (unpaired) electrons. The van der Waals surface area contributed by atoms with Gasteiger partial charge in [-0.2, -0.15) is 0 Å². The molecule has 0 aliphatic heterocycles. The number of nitrogens with zero attached hydrogens (tertiary/aromatic N) is 4. The van der Waals surface area contributed by atoms with Crippen LogP contribution in [0.25, 0.3) is 0 Å². The molecule has 1 unspecified atom stereocenters. The summed E-state index contributed by atoms with van der Waals surface area (Å²) in [4.78, 5) is 2.38. The summed E-state index contributed by atoms with van der Waals surface area (Å²) in [6.07, 6.45) is 4.52. The Morgan fingerprint density at radius 1 is 1.44 bits per heavy atom. The molecule has 0 saturated carbocycles. The number of hydrogen-bond acceptors (Lipinski definition) is 4. The lowest BCUT2D eigenvalue weighted by atomic mass is 10.2. The van der Waals surface area contributed by atoms with Gasteiger partial charge in [0.05, 0.1) is 12.2 Å². The Morgan fingerprint density at radius 2 is 2.22 bits per heavy atom. The smallest absolute Gasteiger partial charge is 0.0964 e. The van der Waals surface area contributed by atoms with E-state index < -0.39 is 0 Å². The summed E-state index contributed by atoms with van der Waals surface area (Å²) in [5.74, 6) is 0. The van der Waals surface area contributed by atoms with Gasteiger partial charge in [0.2, 0.25) is 0 Å². The number of nitrogens with one attached hydrogen (secondary N) is 1. The molecule has 0 aliphatic rings. The van der Waals surface area contributed by atoms with Gasteiger partial charge in [-0.1, -0.05) is 25.5 Å². The van der Waals surface area contributed by atoms with E-state index in [0.717, 1.165) is 31.9 Å². The lowest BCUT2D eigenvalue weighted by Gasteiger charge is -2.23. The highest BCUT2D eigenvalue weighted by Crippen LogP contribution is 2.04. The zero-order valence-corrected chi connectivity index (χ0v) is 12.2. The molecule has 1 rings (SSSR count). The quantitative estimate of drug-likeness (QED) is 0.724. The van der Waals surface area contributed by atoms with Crippen molar-refractivity contribution in [3.05, 3.63) is 11.9 Å². The van der Waals surface area contributed by atoms with Crippen molar-refractivity contribution in [3.8, 4) is 0 Å². The molecule has 1 atom stereocenters. The maximum absolute atomic E-state index is 4.15. The number of likely N-dealkylation sites (N-methyl/N-ethyl adjacent to an activating group) is 1. The summed E-state index contributed by atoms with van der Waals surface area (Å²) in [7, 11) is 2.18. The van der Waals surface area contributed by atoms with Crippen LogP contribution in [-0.4, -0.2) is 46.1 Å². The van der Waals surface area contributed by atoms with Gasteiger partial charge in [0.25, 0.3) is 0 Å². The Kier molecular flexibility index (Phi) is 6.90. The molecule has 18 heavy (non-hydrogen) atoms. The van der Waals surface area contributed by atoms with E-state index in [1.54, 1.807) is 0 Å². The largest absolute Gasteiger partial charge is 0.311 e. The summed E-state index contributed by atoms with van der Waals surface area (Å²) in [5, 5.41) is 11.5. The monoisotopic (exact) mass is 253 g/mol. The van der Waals surface area contributed by atoms with E-state index in [0.29, 0.717) is 6.04 Å². The van der Waals surface area contributed by atoms with Crippen LogP contribution in [0.5, 0.6) is 0 Å². The molecule has 0 spiro atoms. The summed E-state index contributed by atoms with van der Waals surface area (Å²) in [6.45, 7) is 10.3. The van der Waals surface area contributed by atoms with Crippen molar-refractivity contribution in [1.82, 2.24) is 25.2 Å². The van der Waals surface area contributed by atoms with E-state index in [2.05, 4.69) is 48.3 Å². The maximum atomic E-state index is 4.15. The highest BCUT2D eigenvalue weighted by atomic mass is 15.4. The van der Waals surface area contributed by atoms with Crippen LogP contribution in [0.2, 0.25) is 0 Å². The van der Waals surface area contributed by atoms with Crippen LogP contribution in [0.15, 0.2) is 6.20 Å². The second-order valence-electron chi connectivity index (χ2n) is 4.87. The lowest BCUT2D eigenvalue weighted by molar-refractivity contribution is 0.232. The zero-order valence-electron chi connectivity index (χ0n) is 12.2. The average molecular weight is 253 g/mol. The highest BCUT2D eigenvalue weighted by molar-refractivity contribution is 4.91. The van der Waals surface area contributed by atoms with Crippen LogP contribution in [0.1, 0.15) is 39.3 Å². The number of rotatable bonds is 9. The number of aromatic nitrogens is 3. The molecule has 1 aromatic heterocycles. The molecule has 5 heteroatoms. The molecule has 104 valence electrons. The van der Waals surface area contributed by atoms with Gasteiger partial charge < -0.3 is 10.2 Å². The van der Waals surface area contributed by atoms with Gasteiger partial charge in [-0.3, -0.25) is 4.68 Å².